The van der Waals surface area contributed by atoms with Gasteiger partial charge in [0, 0.05) is 12.2 Å². The third kappa shape index (κ3) is 3.95. The Kier molecular flexibility index (Phi) is 4.45. The van der Waals surface area contributed by atoms with E-state index in [4.69, 9.17) is 10.5 Å². The van der Waals surface area contributed by atoms with Gasteiger partial charge in [0.25, 0.3) is 5.91 Å². The number of nitrogen functional groups attached to an aromatic ring is 1. The average Bonchev–Trinajstić information content (AvgIpc) is 2.89. The average molecular weight is 248 g/mol. The molecule has 1 aliphatic carbocycles. The molecule has 2 rings (SSSR count). The Balaban J connectivity index is 1.66. The maximum Gasteiger partial charge on any atom is 0.257 e. The van der Waals surface area contributed by atoms with Gasteiger partial charge in [-0.1, -0.05) is 12.8 Å². The van der Waals surface area contributed by atoms with Crippen LogP contribution in [0.5, 0.6) is 5.75 Å². The van der Waals surface area contributed by atoms with E-state index in [2.05, 4.69) is 5.32 Å². The van der Waals surface area contributed by atoms with Crippen molar-refractivity contribution in [3.8, 4) is 5.75 Å². The molecule has 0 atom stereocenters. The van der Waals surface area contributed by atoms with E-state index in [0.717, 1.165) is 6.54 Å². The summed E-state index contributed by atoms with van der Waals surface area (Å²) in [6.07, 6.45) is 5.06. The third-order valence-corrected chi connectivity index (χ3v) is 3.31. The van der Waals surface area contributed by atoms with E-state index < -0.39 is 0 Å². The number of hydrogen-bond acceptors (Lipinski definition) is 3. The van der Waals surface area contributed by atoms with Gasteiger partial charge in [0.1, 0.15) is 5.75 Å². The molecule has 4 heteroatoms. The second kappa shape index (κ2) is 6.28. The maximum atomic E-state index is 11.6. The standard InChI is InChI=1S/C14H20N2O2/c15-12-5-7-13(8-6-12)18-10-14(17)16-9-11-3-1-2-4-11/h5-8,11H,1-4,9-10,15H2,(H,16,17). The summed E-state index contributed by atoms with van der Waals surface area (Å²) in [6.45, 7) is 0.848. The molecule has 0 unspecified atom stereocenters. The summed E-state index contributed by atoms with van der Waals surface area (Å²) in [7, 11) is 0. The molecule has 4 nitrogen and oxygen atoms in total. The summed E-state index contributed by atoms with van der Waals surface area (Å²) >= 11 is 0. The highest BCUT2D eigenvalue weighted by molar-refractivity contribution is 5.77. The molecule has 1 aromatic rings. The Labute approximate surface area is 108 Å². The molecule has 1 aromatic carbocycles. The molecule has 1 aliphatic rings. The van der Waals surface area contributed by atoms with Crippen molar-refractivity contribution in [1.82, 2.24) is 5.32 Å². The first kappa shape index (κ1) is 12.7. The molecular weight excluding hydrogens is 228 g/mol. The zero-order valence-corrected chi connectivity index (χ0v) is 10.5. The second-order valence-corrected chi connectivity index (χ2v) is 4.81. The highest BCUT2D eigenvalue weighted by Crippen LogP contribution is 2.23. The predicted octanol–water partition coefficient (Wildman–Crippen LogP) is 1.95. The fraction of sp³-hybridized carbons (Fsp3) is 0.500. The van der Waals surface area contributed by atoms with Crippen LogP contribution < -0.4 is 15.8 Å². The van der Waals surface area contributed by atoms with Gasteiger partial charge < -0.3 is 15.8 Å². The van der Waals surface area contributed by atoms with Gasteiger partial charge in [-0.25, -0.2) is 0 Å². The first-order valence-electron chi connectivity index (χ1n) is 6.49. The summed E-state index contributed by atoms with van der Waals surface area (Å²) in [5, 5.41) is 2.92. The Hall–Kier alpha value is -1.71. The van der Waals surface area contributed by atoms with E-state index in [0.29, 0.717) is 17.4 Å². The molecule has 0 heterocycles. The molecule has 3 N–H and O–H groups in total. The van der Waals surface area contributed by atoms with Crippen molar-refractivity contribution >= 4 is 11.6 Å². The Morgan fingerprint density at radius 3 is 2.61 bits per heavy atom. The van der Waals surface area contributed by atoms with E-state index in [-0.39, 0.29) is 12.5 Å². The number of hydrogen-bond donors (Lipinski definition) is 2. The molecule has 1 saturated carbocycles. The van der Waals surface area contributed by atoms with Gasteiger partial charge in [-0.2, -0.15) is 0 Å². The summed E-state index contributed by atoms with van der Waals surface area (Å²) in [6, 6.07) is 7.04. The first-order valence-corrected chi connectivity index (χ1v) is 6.49. The highest BCUT2D eigenvalue weighted by atomic mass is 16.5. The number of nitrogens with two attached hydrogens (primary N) is 1. The van der Waals surface area contributed by atoms with Crippen molar-refractivity contribution in [2.75, 3.05) is 18.9 Å². The molecule has 0 bridgehead atoms. The number of rotatable bonds is 5. The topological polar surface area (TPSA) is 64.3 Å². The van der Waals surface area contributed by atoms with Crippen LogP contribution in [0.25, 0.3) is 0 Å². The molecule has 1 amide bonds. The molecule has 18 heavy (non-hydrogen) atoms. The summed E-state index contributed by atoms with van der Waals surface area (Å²) in [4.78, 5) is 11.6. The molecule has 0 radical (unpaired) electrons. The van der Waals surface area contributed by atoms with Crippen LogP contribution >= 0.6 is 0 Å². The minimum absolute atomic E-state index is 0.0567. The van der Waals surface area contributed by atoms with Gasteiger partial charge in [0.15, 0.2) is 6.61 Å². The van der Waals surface area contributed by atoms with Crippen LogP contribution in [0.1, 0.15) is 25.7 Å². The number of nitrogens with one attached hydrogen (secondary N) is 1. The van der Waals surface area contributed by atoms with Gasteiger partial charge in [-0.3, -0.25) is 4.79 Å². The largest absolute Gasteiger partial charge is 0.484 e. The normalized spacial score (nSPS) is 15.6. The van der Waals surface area contributed by atoms with E-state index in [1.54, 1.807) is 24.3 Å². The van der Waals surface area contributed by atoms with Crippen molar-refractivity contribution in [3.05, 3.63) is 24.3 Å². The number of ether oxygens (including phenoxy) is 1. The molecule has 0 aliphatic heterocycles. The fourth-order valence-electron chi connectivity index (χ4n) is 2.24. The van der Waals surface area contributed by atoms with Crippen LogP contribution in [-0.2, 0) is 4.79 Å². The van der Waals surface area contributed by atoms with Crippen molar-refractivity contribution in [1.29, 1.82) is 0 Å². The number of anilines is 1. The van der Waals surface area contributed by atoms with Gasteiger partial charge in [0.05, 0.1) is 0 Å². The van der Waals surface area contributed by atoms with Crippen LogP contribution in [0, 0.1) is 5.92 Å². The number of carbonyl (C=O) groups excluding carboxylic acids is 1. The minimum atomic E-state index is -0.0567. The number of carbonyl (C=O) groups is 1. The highest BCUT2D eigenvalue weighted by Gasteiger charge is 2.15. The molecular formula is C14H20N2O2. The SMILES string of the molecule is Nc1ccc(OCC(=O)NCC2CCCC2)cc1. The minimum Gasteiger partial charge on any atom is -0.484 e. The number of amides is 1. The lowest BCUT2D eigenvalue weighted by atomic mass is 10.1. The predicted molar refractivity (Wildman–Crippen MR) is 71.3 cm³/mol. The zero-order valence-electron chi connectivity index (χ0n) is 10.5. The van der Waals surface area contributed by atoms with Crippen molar-refractivity contribution in [2.45, 2.75) is 25.7 Å². The second-order valence-electron chi connectivity index (χ2n) is 4.81. The monoisotopic (exact) mass is 248 g/mol. The Morgan fingerprint density at radius 2 is 1.94 bits per heavy atom. The fourth-order valence-corrected chi connectivity index (χ4v) is 2.24. The quantitative estimate of drug-likeness (QED) is 0.783. The van der Waals surface area contributed by atoms with Crippen molar-refractivity contribution in [3.63, 3.8) is 0 Å². The molecule has 0 saturated heterocycles. The van der Waals surface area contributed by atoms with Crippen LogP contribution in [0.15, 0.2) is 24.3 Å². The zero-order chi connectivity index (χ0) is 12.8. The molecule has 1 fully saturated rings. The van der Waals surface area contributed by atoms with Gasteiger partial charge in [-0.15, -0.1) is 0 Å². The van der Waals surface area contributed by atoms with Crippen molar-refractivity contribution in [2.24, 2.45) is 5.92 Å². The van der Waals surface area contributed by atoms with E-state index >= 15 is 0 Å². The lowest BCUT2D eigenvalue weighted by Gasteiger charge is -2.11. The van der Waals surface area contributed by atoms with Crippen LogP contribution in [0.2, 0.25) is 0 Å². The first-order chi connectivity index (χ1) is 8.74. The van der Waals surface area contributed by atoms with E-state index in [9.17, 15) is 4.79 Å². The smallest absolute Gasteiger partial charge is 0.257 e. The van der Waals surface area contributed by atoms with E-state index in [1.165, 1.54) is 25.7 Å². The summed E-state index contributed by atoms with van der Waals surface area (Å²) in [5.41, 5.74) is 6.25. The van der Waals surface area contributed by atoms with E-state index in [1.807, 2.05) is 0 Å². The lowest BCUT2D eigenvalue weighted by Crippen LogP contribution is -2.32. The molecule has 0 spiro atoms. The molecule has 98 valence electrons. The Bertz CT molecular complexity index is 383. The Morgan fingerprint density at radius 1 is 1.28 bits per heavy atom. The number of benzene rings is 1. The van der Waals surface area contributed by atoms with Gasteiger partial charge in [-0.05, 0) is 43.0 Å². The third-order valence-electron chi connectivity index (χ3n) is 3.31. The summed E-state index contributed by atoms with van der Waals surface area (Å²) < 4.78 is 5.37. The van der Waals surface area contributed by atoms with Gasteiger partial charge in [0.2, 0.25) is 0 Å². The van der Waals surface area contributed by atoms with Crippen LogP contribution in [-0.4, -0.2) is 19.1 Å². The lowest BCUT2D eigenvalue weighted by molar-refractivity contribution is -0.123. The summed E-state index contributed by atoms with van der Waals surface area (Å²) in [5.74, 6) is 1.27. The maximum absolute atomic E-state index is 11.6. The van der Waals surface area contributed by atoms with Crippen LogP contribution in [0.4, 0.5) is 5.69 Å². The van der Waals surface area contributed by atoms with Crippen molar-refractivity contribution < 1.29 is 9.53 Å². The van der Waals surface area contributed by atoms with Gasteiger partial charge >= 0.3 is 0 Å². The molecule has 0 aromatic heterocycles. The van der Waals surface area contributed by atoms with Crippen LogP contribution in [0.3, 0.4) is 0 Å².